The lowest BCUT2D eigenvalue weighted by Crippen LogP contribution is -2.34. The van der Waals surface area contributed by atoms with Crippen molar-refractivity contribution in [1.82, 2.24) is 4.90 Å². The zero-order chi connectivity index (χ0) is 23.2. The lowest BCUT2D eigenvalue weighted by Gasteiger charge is -2.27. The van der Waals surface area contributed by atoms with Gasteiger partial charge >= 0.3 is 5.97 Å². The molecule has 31 heavy (non-hydrogen) atoms. The number of unbranched alkanes of at least 4 members (excludes halogenated alkanes) is 8. The fourth-order valence-corrected chi connectivity index (χ4v) is 4.42. The summed E-state index contributed by atoms with van der Waals surface area (Å²) in [7, 11) is 0. The van der Waals surface area contributed by atoms with Crippen LogP contribution in [0.25, 0.3) is 0 Å². The Hall–Kier alpha value is -0.610. The molecule has 0 aliphatic carbocycles. The number of esters is 1. The highest BCUT2D eigenvalue weighted by Gasteiger charge is 2.12. The van der Waals surface area contributed by atoms with Crippen molar-refractivity contribution in [2.45, 2.75) is 136 Å². The molecule has 0 saturated carbocycles. The molecule has 0 fully saturated rings. The molecule has 0 saturated heterocycles. The molecule has 0 aromatic carbocycles. The van der Waals surface area contributed by atoms with Crippen molar-refractivity contribution in [2.75, 3.05) is 26.3 Å². The second kappa shape index (κ2) is 22.6. The van der Waals surface area contributed by atoms with Crippen molar-refractivity contribution in [1.29, 1.82) is 0 Å². The van der Waals surface area contributed by atoms with Crippen molar-refractivity contribution in [3.63, 3.8) is 0 Å². The molecule has 4 heteroatoms. The first kappa shape index (κ1) is 30.4. The summed E-state index contributed by atoms with van der Waals surface area (Å²) in [5.74, 6) is 0.562. The van der Waals surface area contributed by atoms with Crippen molar-refractivity contribution in [3.05, 3.63) is 0 Å². The highest BCUT2D eigenvalue weighted by atomic mass is 16.5. The van der Waals surface area contributed by atoms with E-state index in [2.05, 4.69) is 32.6 Å². The van der Waals surface area contributed by atoms with Crippen molar-refractivity contribution >= 4 is 5.97 Å². The van der Waals surface area contributed by atoms with E-state index in [1.165, 1.54) is 77.0 Å². The van der Waals surface area contributed by atoms with E-state index in [4.69, 9.17) is 9.84 Å². The normalized spacial score (nSPS) is 13.5. The lowest BCUT2D eigenvalue weighted by atomic mass is 9.97. The summed E-state index contributed by atoms with van der Waals surface area (Å²) in [6, 6.07) is 0.606. The van der Waals surface area contributed by atoms with Gasteiger partial charge in [-0.3, -0.25) is 4.79 Å². The van der Waals surface area contributed by atoms with E-state index in [0.29, 0.717) is 25.0 Å². The summed E-state index contributed by atoms with van der Waals surface area (Å²) in [6.07, 6.45) is 18.6. The molecule has 0 spiro atoms. The summed E-state index contributed by atoms with van der Waals surface area (Å²) in [5, 5.41) is 9.01. The number of carbonyl (C=O) groups excluding carboxylic acids is 1. The maximum atomic E-state index is 12.1. The van der Waals surface area contributed by atoms with Crippen molar-refractivity contribution < 1.29 is 14.6 Å². The average Bonchev–Trinajstić information content (AvgIpc) is 2.77. The molecule has 0 radical (unpaired) electrons. The number of aliphatic hydroxyl groups excluding tert-OH is 1. The number of hydrogen-bond acceptors (Lipinski definition) is 4. The molecule has 2 atom stereocenters. The van der Waals surface area contributed by atoms with E-state index >= 15 is 0 Å². The average molecular weight is 442 g/mol. The third kappa shape index (κ3) is 18.6. The van der Waals surface area contributed by atoms with Gasteiger partial charge in [0.15, 0.2) is 0 Å². The monoisotopic (exact) mass is 441 g/mol. The Morgan fingerprint density at radius 1 is 0.806 bits per heavy atom. The van der Waals surface area contributed by atoms with Gasteiger partial charge in [0.2, 0.25) is 0 Å². The van der Waals surface area contributed by atoms with Crippen LogP contribution in [0.15, 0.2) is 0 Å². The molecule has 2 unspecified atom stereocenters. The van der Waals surface area contributed by atoms with E-state index in [-0.39, 0.29) is 12.6 Å². The van der Waals surface area contributed by atoms with Crippen LogP contribution in [0.1, 0.15) is 130 Å². The van der Waals surface area contributed by atoms with E-state index in [1.807, 2.05) is 0 Å². The molecule has 0 rings (SSSR count). The van der Waals surface area contributed by atoms with Gasteiger partial charge in [0, 0.05) is 25.6 Å². The first-order valence-electron chi connectivity index (χ1n) is 13.6. The Labute approximate surface area is 194 Å². The van der Waals surface area contributed by atoms with Gasteiger partial charge in [-0.15, -0.1) is 0 Å². The fourth-order valence-electron chi connectivity index (χ4n) is 4.42. The SMILES string of the molecule is CCCCCCC(CCC)COC(=O)CCCCCCCCC(C)N(CC)CCCO. The van der Waals surface area contributed by atoms with Gasteiger partial charge < -0.3 is 14.7 Å². The van der Waals surface area contributed by atoms with Gasteiger partial charge in [0.1, 0.15) is 0 Å². The maximum absolute atomic E-state index is 12.1. The highest BCUT2D eigenvalue weighted by molar-refractivity contribution is 5.69. The number of hydrogen-bond donors (Lipinski definition) is 1. The molecule has 0 aliphatic rings. The van der Waals surface area contributed by atoms with Gasteiger partial charge in [-0.05, 0) is 51.5 Å². The number of aliphatic hydroxyl groups is 1. The second-order valence-electron chi connectivity index (χ2n) is 9.40. The van der Waals surface area contributed by atoms with Gasteiger partial charge in [-0.25, -0.2) is 0 Å². The first-order valence-corrected chi connectivity index (χ1v) is 13.6. The fraction of sp³-hybridized carbons (Fsp3) is 0.963. The van der Waals surface area contributed by atoms with Crippen LogP contribution in [0.2, 0.25) is 0 Å². The molecule has 1 N–H and O–H groups in total. The summed E-state index contributed by atoms with van der Waals surface area (Å²) in [5.41, 5.74) is 0. The number of rotatable bonds is 23. The minimum absolute atomic E-state index is 0.00558. The molecule has 0 aromatic heterocycles. The Morgan fingerprint density at radius 3 is 2.10 bits per heavy atom. The summed E-state index contributed by atoms with van der Waals surface area (Å²) >= 11 is 0. The van der Waals surface area contributed by atoms with Crippen molar-refractivity contribution in [3.8, 4) is 0 Å². The molecule has 4 nitrogen and oxygen atoms in total. The first-order chi connectivity index (χ1) is 15.1. The molecule has 0 aliphatic heterocycles. The molecular weight excluding hydrogens is 386 g/mol. The van der Waals surface area contributed by atoms with Crippen LogP contribution < -0.4 is 0 Å². The van der Waals surface area contributed by atoms with E-state index in [1.54, 1.807) is 0 Å². The number of ether oxygens (including phenoxy) is 1. The van der Waals surface area contributed by atoms with Crippen LogP contribution in [0.4, 0.5) is 0 Å². The molecular formula is C27H55NO3. The predicted molar refractivity (Wildman–Crippen MR) is 133 cm³/mol. The Balaban J connectivity index is 3.69. The Kier molecular flexibility index (Phi) is 22.1. The standard InChI is InChI=1S/C27H55NO3/c1-5-8-9-15-20-26(18-6-2)24-31-27(30)21-16-13-11-10-12-14-19-25(4)28(7-3)22-17-23-29/h25-26,29H,5-24H2,1-4H3. The maximum Gasteiger partial charge on any atom is 0.305 e. The lowest BCUT2D eigenvalue weighted by molar-refractivity contribution is -0.145. The van der Waals surface area contributed by atoms with Crippen LogP contribution in [0, 0.1) is 5.92 Å². The van der Waals surface area contributed by atoms with E-state index < -0.39 is 0 Å². The summed E-state index contributed by atoms with van der Waals surface area (Å²) in [6.45, 7) is 12.0. The number of nitrogens with zero attached hydrogens (tertiary/aromatic N) is 1. The largest absolute Gasteiger partial charge is 0.465 e. The topological polar surface area (TPSA) is 49.8 Å². The minimum Gasteiger partial charge on any atom is -0.465 e. The van der Waals surface area contributed by atoms with Gasteiger partial charge in [0.05, 0.1) is 6.61 Å². The smallest absolute Gasteiger partial charge is 0.305 e. The minimum atomic E-state index is 0.00558. The van der Waals surface area contributed by atoms with Crippen LogP contribution in [-0.4, -0.2) is 48.3 Å². The second-order valence-corrected chi connectivity index (χ2v) is 9.40. The predicted octanol–water partition coefficient (Wildman–Crippen LogP) is 7.13. The highest BCUT2D eigenvalue weighted by Crippen LogP contribution is 2.18. The molecule has 0 amide bonds. The zero-order valence-corrected chi connectivity index (χ0v) is 21.5. The zero-order valence-electron chi connectivity index (χ0n) is 21.5. The van der Waals surface area contributed by atoms with Crippen LogP contribution >= 0.6 is 0 Å². The van der Waals surface area contributed by atoms with Crippen LogP contribution in [0.5, 0.6) is 0 Å². The Morgan fingerprint density at radius 2 is 1.45 bits per heavy atom. The Bertz CT molecular complexity index is 389. The molecule has 0 heterocycles. The molecule has 186 valence electrons. The third-order valence-electron chi connectivity index (χ3n) is 6.53. The summed E-state index contributed by atoms with van der Waals surface area (Å²) in [4.78, 5) is 14.5. The van der Waals surface area contributed by atoms with Crippen LogP contribution in [0.3, 0.4) is 0 Å². The van der Waals surface area contributed by atoms with Gasteiger partial charge in [-0.1, -0.05) is 85.0 Å². The quantitative estimate of drug-likeness (QED) is 0.135. The van der Waals surface area contributed by atoms with E-state index in [0.717, 1.165) is 32.4 Å². The molecule has 0 bridgehead atoms. The summed E-state index contributed by atoms with van der Waals surface area (Å²) < 4.78 is 5.59. The van der Waals surface area contributed by atoms with Gasteiger partial charge in [-0.2, -0.15) is 0 Å². The van der Waals surface area contributed by atoms with Crippen LogP contribution in [-0.2, 0) is 9.53 Å². The van der Waals surface area contributed by atoms with E-state index in [9.17, 15) is 4.79 Å². The van der Waals surface area contributed by atoms with Crippen molar-refractivity contribution in [2.24, 2.45) is 5.92 Å². The van der Waals surface area contributed by atoms with Gasteiger partial charge in [0.25, 0.3) is 0 Å². The third-order valence-corrected chi connectivity index (χ3v) is 6.53. The number of carbonyl (C=O) groups is 1. The molecule has 0 aromatic rings.